The first kappa shape index (κ1) is 11.0. The van der Waals surface area contributed by atoms with Gasteiger partial charge in [0.15, 0.2) is 0 Å². The number of hydrogen-bond donors (Lipinski definition) is 1. The Bertz CT molecular complexity index is 431. The monoisotopic (exact) mass is 236 g/mol. The van der Waals surface area contributed by atoms with E-state index in [1.165, 1.54) is 21.6 Å². The first-order chi connectivity index (χ1) is 7.86. The number of morpholine rings is 1. The molecule has 4 nitrogen and oxygen atoms in total. The Morgan fingerprint density at radius 3 is 2.88 bits per heavy atom. The summed E-state index contributed by atoms with van der Waals surface area (Å²) >= 11 is 1.54. The average molecular weight is 236 g/mol. The van der Waals surface area contributed by atoms with Crippen LogP contribution in [0, 0.1) is 0 Å². The van der Waals surface area contributed by atoms with E-state index in [0.29, 0.717) is 13.2 Å². The summed E-state index contributed by atoms with van der Waals surface area (Å²) in [6, 6.07) is 8.20. The van der Waals surface area contributed by atoms with Gasteiger partial charge in [-0.05, 0) is 17.6 Å². The average Bonchev–Trinajstić information content (AvgIpc) is 2.79. The molecule has 3 rings (SSSR count). The molecular weight excluding hydrogens is 224 g/mol. The summed E-state index contributed by atoms with van der Waals surface area (Å²) in [7, 11) is 0. The lowest BCUT2D eigenvalue weighted by Gasteiger charge is -2.10. The summed E-state index contributed by atoms with van der Waals surface area (Å²) in [5.74, 6) is -0.00810. The van der Waals surface area contributed by atoms with Crippen LogP contribution in [0.15, 0.2) is 30.5 Å². The summed E-state index contributed by atoms with van der Waals surface area (Å²) < 4.78 is 10.1. The van der Waals surface area contributed by atoms with Gasteiger partial charge in [0.2, 0.25) is 5.91 Å². The van der Waals surface area contributed by atoms with Crippen LogP contribution >= 0.6 is 11.5 Å². The largest absolute Gasteiger partial charge is 0.370 e. The van der Waals surface area contributed by atoms with Crippen LogP contribution in [-0.2, 0) is 9.53 Å². The van der Waals surface area contributed by atoms with Crippen LogP contribution < -0.4 is 5.32 Å². The molecule has 1 amide bonds. The Balaban J connectivity index is 0.000000125. The molecule has 1 fully saturated rings. The smallest absolute Gasteiger partial charge is 0.246 e. The van der Waals surface area contributed by atoms with Crippen molar-refractivity contribution in [2.45, 2.75) is 0 Å². The molecule has 1 saturated heterocycles. The van der Waals surface area contributed by atoms with E-state index in [2.05, 4.69) is 21.8 Å². The molecule has 2 heterocycles. The van der Waals surface area contributed by atoms with Gasteiger partial charge in [0, 0.05) is 18.1 Å². The van der Waals surface area contributed by atoms with E-state index in [1.54, 1.807) is 0 Å². The molecule has 0 saturated carbocycles. The molecule has 1 aliphatic heterocycles. The van der Waals surface area contributed by atoms with E-state index < -0.39 is 0 Å². The fourth-order valence-corrected chi connectivity index (χ4v) is 1.93. The molecule has 1 aromatic carbocycles. The van der Waals surface area contributed by atoms with Gasteiger partial charge in [-0.3, -0.25) is 4.79 Å². The number of hydrogen-bond acceptors (Lipinski definition) is 4. The molecule has 2 aromatic rings. The Morgan fingerprint density at radius 2 is 2.25 bits per heavy atom. The molecule has 1 N–H and O–H groups in total. The van der Waals surface area contributed by atoms with Gasteiger partial charge in [0.05, 0.1) is 11.3 Å². The number of rotatable bonds is 0. The third-order valence-corrected chi connectivity index (χ3v) is 2.84. The van der Waals surface area contributed by atoms with Crippen molar-refractivity contribution in [3.8, 4) is 0 Å². The molecule has 84 valence electrons. The third kappa shape index (κ3) is 3.01. The molecule has 0 unspecified atom stereocenters. The number of carbonyl (C=O) groups excluding carboxylic acids is 1. The number of fused-ring (bicyclic) bond motifs is 1. The van der Waals surface area contributed by atoms with Gasteiger partial charge in [-0.15, -0.1) is 0 Å². The van der Waals surface area contributed by atoms with Crippen LogP contribution in [0.2, 0.25) is 0 Å². The van der Waals surface area contributed by atoms with E-state index >= 15 is 0 Å². The SMILES string of the molecule is O=C1COCCN1.c1ccc2sncc2c1. The van der Waals surface area contributed by atoms with Gasteiger partial charge >= 0.3 is 0 Å². The Hall–Kier alpha value is -1.46. The number of benzene rings is 1. The molecule has 0 atom stereocenters. The van der Waals surface area contributed by atoms with Crippen LogP contribution in [0.5, 0.6) is 0 Å². The number of nitrogens with zero attached hydrogens (tertiary/aromatic N) is 1. The summed E-state index contributed by atoms with van der Waals surface area (Å²) in [6.07, 6.45) is 1.89. The van der Waals surface area contributed by atoms with Gasteiger partial charge in [0.25, 0.3) is 0 Å². The first-order valence-corrected chi connectivity index (χ1v) is 5.77. The highest BCUT2D eigenvalue weighted by Gasteiger charge is 2.04. The van der Waals surface area contributed by atoms with Gasteiger partial charge in [-0.2, -0.15) is 4.37 Å². The molecule has 1 aliphatic rings. The van der Waals surface area contributed by atoms with E-state index in [9.17, 15) is 4.79 Å². The second kappa shape index (κ2) is 5.58. The number of carbonyl (C=O) groups is 1. The van der Waals surface area contributed by atoms with Gasteiger partial charge in [0.1, 0.15) is 6.61 Å². The zero-order valence-corrected chi connectivity index (χ0v) is 9.50. The van der Waals surface area contributed by atoms with Crippen molar-refractivity contribution in [2.75, 3.05) is 19.8 Å². The van der Waals surface area contributed by atoms with Gasteiger partial charge in [-0.1, -0.05) is 18.2 Å². The molecular formula is C11H12N2O2S. The lowest BCUT2D eigenvalue weighted by atomic mass is 10.3. The second-order valence-corrected chi connectivity index (χ2v) is 4.10. The van der Waals surface area contributed by atoms with Gasteiger partial charge in [-0.25, -0.2) is 0 Å². The number of aromatic nitrogens is 1. The topological polar surface area (TPSA) is 51.2 Å². The Labute approximate surface area is 97.4 Å². The maximum Gasteiger partial charge on any atom is 0.246 e. The highest BCUT2D eigenvalue weighted by Crippen LogP contribution is 2.15. The molecule has 5 heteroatoms. The number of amides is 1. The summed E-state index contributed by atoms with van der Waals surface area (Å²) in [5.41, 5.74) is 0. The normalized spacial score (nSPS) is 15.1. The van der Waals surface area contributed by atoms with E-state index in [0.717, 1.165) is 0 Å². The zero-order valence-electron chi connectivity index (χ0n) is 8.68. The molecule has 16 heavy (non-hydrogen) atoms. The predicted octanol–water partition coefficient (Wildman–Crippen LogP) is 1.43. The number of ether oxygens (including phenoxy) is 1. The molecule has 0 bridgehead atoms. The van der Waals surface area contributed by atoms with E-state index in [-0.39, 0.29) is 12.5 Å². The molecule has 0 radical (unpaired) electrons. The fraction of sp³-hybridized carbons (Fsp3) is 0.273. The van der Waals surface area contributed by atoms with Crippen LogP contribution in [0.1, 0.15) is 0 Å². The van der Waals surface area contributed by atoms with Crippen LogP contribution in [0.25, 0.3) is 10.1 Å². The lowest BCUT2D eigenvalue weighted by molar-refractivity contribution is -0.128. The summed E-state index contributed by atoms with van der Waals surface area (Å²) in [5, 5.41) is 3.86. The minimum Gasteiger partial charge on any atom is -0.370 e. The Morgan fingerprint density at radius 1 is 1.38 bits per heavy atom. The predicted molar refractivity (Wildman–Crippen MR) is 63.4 cm³/mol. The van der Waals surface area contributed by atoms with Crippen molar-refractivity contribution < 1.29 is 9.53 Å². The highest BCUT2D eigenvalue weighted by atomic mass is 32.1. The van der Waals surface area contributed by atoms with Crippen molar-refractivity contribution in [1.82, 2.24) is 9.69 Å². The van der Waals surface area contributed by atoms with Crippen LogP contribution in [0.3, 0.4) is 0 Å². The van der Waals surface area contributed by atoms with E-state index in [4.69, 9.17) is 4.74 Å². The van der Waals surface area contributed by atoms with Crippen molar-refractivity contribution in [1.29, 1.82) is 0 Å². The summed E-state index contributed by atoms with van der Waals surface area (Å²) in [4.78, 5) is 10.2. The second-order valence-electron chi connectivity index (χ2n) is 3.27. The standard InChI is InChI=1S/C7H5NS.C4H7NO2/c1-2-4-7-6(3-1)5-8-9-7;6-4-3-7-2-1-5-4/h1-5H;1-3H2,(H,5,6). The quantitative estimate of drug-likeness (QED) is 0.752. The molecule has 1 aromatic heterocycles. The van der Waals surface area contributed by atoms with Crippen molar-refractivity contribution >= 4 is 27.5 Å². The van der Waals surface area contributed by atoms with Crippen molar-refractivity contribution in [2.24, 2.45) is 0 Å². The van der Waals surface area contributed by atoms with Crippen molar-refractivity contribution in [3.63, 3.8) is 0 Å². The van der Waals surface area contributed by atoms with Crippen molar-refractivity contribution in [3.05, 3.63) is 30.5 Å². The number of nitrogens with one attached hydrogen (secondary N) is 1. The zero-order chi connectivity index (χ0) is 11.2. The minimum absolute atomic E-state index is 0.00810. The Kier molecular flexibility index (Phi) is 3.85. The fourth-order valence-electron chi connectivity index (χ4n) is 1.29. The first-order valence-electron chi connectivity index (χ1n) is 5.00. The van der Waals surface area contributed by atoms with E-state index in [1.807, 2.05) is 18.3 Å². The third-order valence-electron chi connectivity index (χ3n) is 2.06. The van der Waals surface area contributed by atoms with Gasteiger partial charge < -0.3 is 10.1 Å². The maximum absolute atomic E-state index is 10.2. The minimum atomic E-state index is -0.00810. The highest BCUT2D eigenvalue weighted by molar-refractivity contribution is 7.13. The van der Waals surface area contributed by atoms with Crippen LogP contribution in [0.4, 0.5) is 0 Å². The van der Waals surface area contributed by atoms with Crippen LogP contribution in [-0.4, -0.2) is 30.0 Å². The maximum atomic E-state index is 10.2. The molecule has 0 aliphatic carbocycles. The molecule has 0 spiro atoms. The lowest BCUT2D eigenvalue weighted by Crippen LogP contribution is -2.36. The summed E-state index contributed by atoms with van der Waals surface area (Å²) in [6.45, 7) is 1.56.